The van der Waals surface area contributed by atoms with Crippen molar-refractivity contribution in [1.29, 1.82) is 0 Å². The molecule has 2 aromatic carbocycles. The lowest BCUT2D eigenvalue weighted by Gasteiger charge is -2.13. The van der Waals surface area contributed by atoms with Crippen molar-refractivity contribution in [3.8, 4) is 11.5 Å². The molecular weight excluding hydrogens is 366 g/mol. The van der Waals surface area contributed by atoms with Gasteiger partial charge >= 0.3 is 0 Å². The van der Waals surface area contributed by atoms with Crippen LogP contribution in [0, 0.1) is 6.92 Å². The Morgan fingerprint density at radius 2 is 1.78 bits per heavy atom. The van der Waals surface area contributed by atoms with Crippen LogP contribution < -0.4 is 14.8 Å². The fourth-order valence-electron chi connectivity index (χ4n) is 2.76. The minimum Gasteiger partial charge on any atom is -0.493 e. The third-order valence-corrected chi connectivity index (χ3v) is 6.03. The molecule has 0 spiro atoms. The van der Waals surface area contributed by atoms with Gasteiger partial charge in [-0.15, -0.1) is 0 Å². The van der Waals surface area contributed by atoms with Gasteiger partial charge in [0.25, 0.3) is 0 Å². The normalized spacial score (nSPS) is 11.1. The second-order valence-corrected chi connectivity index (χ2v) is 8.21. The van der Waals surface area contributed by atoms with E-state index in [1.165, 1.54) is 32.4 Å². The van der Waals surface area contributed by atoms with E-state index in [-0.39, 0.29) is 23.0 Å². The van der Waals surface area contributed by atoms with Crippen LogP contribution in [-0.2, 0) is 21.1 Å². The first-order valence-corrected chi connectivity index (χ1v) is 10.3. The van der Waals surface area contributed by atoms with Gasteiger partial charge in [-0.3, -0.25) is 4.79 Å². The number of para-hydroxylation sites is 1. The molecule has 27 heavy (non-hydrogen) atoms. The van der Waals surface area contributed by atoms with Gasteiger partial charge in [0.1, 0.15) is 0 Å². The molecule has 0 saturated heterocycles. The van der Waals surface area contributed by atoms with Crippen LogP contribution in [0.3, 0.4) is 0 Å². The number of ether oxygens (including phenoxy) is 2. The van der Waals surface area contributed by atoms with Gasteiger partial charge in [-0.1, -0.05) is 25.1 Å². The summed E-state index contributed by atoms with van der Waals surface area (Å²) >= 11 is 0. The minimum absolute atomic E-state index is 0.0955. The van der Waals surface area contributed by atoms with Gasteiger partial charge in [0, 0.05) is 18.2 Å². The Balaban J connectivity index is 2.10. The summed E-state index contributed by atoms with van der Waals surface area (Å²) in [6.45, 7) is 3.92. The van der Waals surface area contributed by atoms with E-state index in [4.69, 9.17) is 9.47 Å². The molecule has 146 valence electrons. The summed E-state index contributed by atoms with van der Waals surface area (Å²) in [6, 6.07) is 10.2. The highest BCUT2D eigenvalue weighted by Gasteiger charge is 2.19. The van der Waals surface area contributed by atoms with E-state index in [2.05, 4.69) is 5.32 Å². The molecule has 2 rings (SSSR count). The SMILES string of the molecule is CCc1cccc(C)c1NC(=O)CCS(=O)(=O)c1ccc(OC)c(OC)c1. The number of carbonyl (C=O) groups is 1. The van der Waals surface area contributed by atoms with Crippen LogP contribution in [0.25, 0.3) is 0 Å². The standard InChI is InChI=1S/C20H25NO5S/c1-5-15-8-6-7-14(2)20(15)21-19(22)11-12-27(23,24)16-9-10-17(25-3)18(13-16)26-4/h6-10,13H,5,11-12H2,1-4H3,(H,21,22). The molecule has 0 atom stereocenters. The zero-order valence-electron chi connectivity index (χ0n) is 16.0. The van der Waals surface area contributed by atoms with Gasteiger partial charge < -0.3 is 14.8 Å². The van der Waals surface area contributed by atoms with Crippen LogP contribution in [0.5, 0.6) is 11.5 Å². The van der Waals surface area contributed by atoms with E-state index in [0.29, 0.717) is 11.5 Å². The maximum atomic E-state index is 12.6. The summed E-state index contributed by atoms with van der Waals surface area (Å²) < 4.78 is 35.4. The Bertz CT molecular complexity index is 922. The molecule has 0 saturated carbocycles. The monoisotopic (exact) mass is 391 g/mol. The van der Waals surface area contributed by atoms with Crippen LogP contribution in [-0.4, -0.2) is 34.3 Å². The van der Waals surface area contributed by atoms with Crippen LogP contribution in [0.2, 0.25) is 0 Å². The number of methoxy groups -OCH3 is 2. The van der Waals surface area contributed by atoms with Gasteiger partial charge in [-0.25, -0.2) is 8.42 Å². The quantitative estimate of drug-likeness (QED) is 0.746. The number of anilines is 1. The van der Waals surface area contributed by atoms with Crippen molar-refractivity contribution < 1.29 is 22.7 Å². The van der Waals surface area contributed by atoms with E-state index >= 15 is 0 Å². The molecule has 1 amide bonds. The van der Waals surface area contributed by atoms with Gasteiger partial charge in [0.05, 0.1) is 24.9 Å². The first kappa shape index (κ1) is 20.8. The van der Waals surface area contributed by atoms with Crippen molar-refractivity contribution in [2.45, 2.75) is 31.6 Å². The minimum atomic E-state index is -3.63. The van der Waals surface area contributed by atoms with Crippen molar-refractivity contribution >= 4 is 21.4 Å². The number of rotatable bonds is 8. The summed E-state index contributed by atoms with van der Waals surface area (Å²) in [5.74, 6) is 0.154. The number of amides is 1. The predicted molar refractivity (Wildman–Crippen MR) is 105 cm³/mol. The fraction of sp³-hybridized carbons (Fsp3) is 0.350. The molecule has 7 heteroatoms. The number of aryl methyl sites for hydroxylation is 2. The zero-order chi connectivity index (χ0) is 20.0. The summed E-state index contributed by atoms with van der Waals surface area (Å²) in [5.41, 5.74) is 2.73. The number of benzene rings is 2. The van der Waals surface area contributed by atoms with Crippen LogP contribution in [0.4, 0.5) is 5.69 Å². The summed E-state index contributed by atoms with van der Waals surface area (Å²) in [7, 11) is -0.709. The Labute approximate surface area is 160 Å². The largest absolute Gasteiger partial charge is 0.493 e. The first-order chi connectivity index (χ1) is 12.8. The predicted octanol–water partition coefficient (Wildman–Crippen LogP) is 3.38. The molecule has 0 heterocycles. The van der Waals surface area contributed by atoms with Crippen molar-refractivity contribution in [2.24, 2.45) is 0 Å². The van der Waals surface area contributed by atoms with Crippen molar-refractivity contribution in [3.05, 3.63) is 47.5 Å². The summed E-state index contributed by atoms with van der Waals surface area (Å²) in [4.78, 5) is 12.4. The maximum absolute atomic E-state index is 12.6. The lowest BCUT2D eigenvalue weighted by atomic mass is 10.1. The second kappa shape index (κ2) is 8.90. The Morgan fingerprint density at radius 3 is 2.41 bits per heavy atom. The zero-order valence-corrected chi connectivity index (χ0v) is 16.9. The number of sulfone groups is 1. The molecule has 2 aromatic rings. The van der Waals surface area contributed by atoms with Crippen LogP contribution in [0.1, 0.15) is 24.5 Å². The molecule has 0 fully saturated rings. The van der Waals surface area contributed by atoms with Gasteiger partial charge in [-0.05, 0) is 36.6 Å². The van der Waals surface area contributed by atoms with Crippen molar-refractivity contribution in [1.82, 2.24) is 0 Å². The molecule has 0 aliphatic carbocycles. The number of hydrogen-bond donors (Lipinski definition) is 1. The van der Waals surface area contributed by atoms with E-state index in [1.54, 1.807) is 0 Å². The van der Waals surface area contributed by atoms with Gasteiger partial charge in [0.2, 0.25) is 5.91 Å². The smallest absolute Gasteiger partial charge is 0.225 e. The number of carbonyl (C=O) groups excluding carboxylic acids is 1. The second-order valence-electron chi connectivity index (χ2n) is 6.10. The highest BCUT2D eigenvalue weighted by molar-refractivity contribution is 7.91. The highest BCUT2D eigenvalue weighted by atomic mass is 32.2. The van der Waals surface area contributed by atoms with Gasteiger partial charge in [0.15, 0.2) is 21.3 Å². The number of nitrogens with one attached hydrogen (secondary N) is 1. The third kappa shape index (κ3) is 5.01. The van der Waals surface area contributed by atoms with Gasteiger partial charge in [-0.2, -0.15) is 0 Å². The van der Waals surface area contributed by atoms with E-state index < -0.39 is 9.84 Å². The molecule has 0 radical (unpaired) electrons. The lowest BCUT2D eigenvalue weighted by molar-refractivity contribution is -0.115. The summed E-state index contributed by atoms with van der Waals surface area (Å²) in [6.07, 6.45) is 0.648. The van der Waals surface area contributed by atoms with Crippen LogP contribution in [0.15, 0.2) is 41.3 Å². The van der Waals surface area contributed by atoms with Crippen LogP contribution >= 0.6 is 0 Å². The third-order valence-electron chi connectivity index (χ3n) is 4.32. The fourth-order valence-corrected chi connectivity index (χ4v) is 4.01. The average molecular weight is 391 g/mol. The average Bonchev–Trinajstić information content (AvgIpc) is 2.67. The highest BCUT2D eigenvalue weighted by Crippen LogP contribution is 2.30. The summed E-state index contributed by atoms with van der Waals surface area (Å²) in [5, 5.41) is 2.85. The lowest BCUT2D eigenvalue weighted by Crippen LogP contribution is -2.18. The molecule has 0 aliphatic heterocycles. The molecule has 0 bridgehead atoms. The topological polar surface area (TPSA) is 81.7 Å². The van der Waals surface area contributed by atoms with E-state index in [9.17, 15) is 13.2 Å². The molecule has 0 unspecified atom stereocenters. The molecule has 0 aromatic heterocycles. The molecule has 1 N–H and O–H groups in total. The van der Waals surface area contributed by atoms with E-state index in [0.717, 1.165) is 23.2 Å². The molecular formula is C20H25NO5S. The van der Waals surface area contributed by atoms with Crippen molar-refractivity contribution in [2.75, 3.05) is 25.3 Å². The van der Waals surface area contributed by atoms with E-state index in [1.807, 2.05) is 32.0 Å². The Hall–Kier alpha value is -2.54. The number of hydrogen-bond acceptors (Lipinski definition) is 5. The Kier molecular flexibility index (Phi) is 6.85. The maximum Gasteiger partial charge on any atom is 0.225 e. The molecule has 0 aliphatic rings. The van der Waals surface area contributed by atoms with Crippen molar-refractivity contribution in [3.63, 3.8) is 0 Å². The molecule has 6 nitrogen and oxygen atoms in total. The first-order valence-electron chi connectivity index (χ1n) is 8.65. The Morgan fingerprint density at radius 1 is 1.07 bits per heavy atom.